The molecule has 9 heteroatoms. The second-order valence-corrected chi connectivity index (χ2v) is 7.36. The van der Waals surface area contributed by atoms with Crippen molar-refractivity contribution in [2.24, 2.45) is 0 Å². The van der Waals surface area contributed by atoms with Gasteiger partial charge in [-0.15, -0.1) is 0 Å². The summed E-state index contributed by atoms with van der Waals surface area (Å²) in [6, 6.07) is 11.7. The van der Waals surface area contributed by atoms with Gasteiger partial charge >= 0.3 is 0 Å². The summed E-state index contributed by atoms with van der Waals surface area (Å²) in [7, 11) is 0. The Bertz CT molecular complexity index is 1210. The second-order valence-electron chi connectivity index (χ2n) is 7.36. The summed E-state index contributed by atoms with van der Waals surface area (Å²) in [5.41, 5.74) is 3.58. The van der Waals surface area contributed by atoms with Crippen molar-refractivity contribution in [1.29, 1.82) is 0 Å². The number of fused-ring (bicyclic) bond motifs is 1. The molecule has 0 saturated carbocycles. The highest BCUT2D eigenvalue weighted by atomic mass is 16.2. The number of anilines is 3. The van der Waals surface area contributed by atoms with E-state index in [0.29, 0.717) is 11.8 Å². The number of nitrogens with zero attached hydrogens (tertiary/aromatic N) is 7. The van der Waals surface area contributed by atoms with Crippen LogP contribution in [0.3, 0.4) is 0 Å². The van der Waals surface area contributed by atoms with Crippen molar-refractivity contribution in [1.82, 2.24) is 29.2 Å². The molecule has 1 aliphatic rings. The van der Waals surface area contributed by atoms with Gasteiger partial charge in [-0.25, -0.2) is 19.9 Å². The molecule has 1 saturated heterocycles. The van der Waals surface area contributed by atoms with Crippen molar-refractivity contribution in [3.63, 3.8) is 0 Å². The summed E-state index contributed by atoms with van der Waals surface area (Å²) in [6.07, 6.45) is 7.32. The molecule has 0 unspecified atom stereocenters. The molecule has 4 aromatic rings. The number of hydrogen-bond donors (Lipinski definition) is 1. The number of hydrogen-bond acceptors (Lipinski definition) is 7. The molecule has 1 fully saturated rings. The zero-order chi connectivity index (χ0) is 21.2. The molecular weight excluding hydrogens is 392 g/mol. The van der Waals surface area contributed by atoms with Gasteiger partial charge in [0.1, 0.15) is 11.5 Å². The summed E-state index contributed by atoms with van der Waals surface area (Å²) in [5, 5.41) is 3.17. The Kier molecular flexibility index (Phi) is 4.91. The highest BCUT2D eigenvalue weighted by molar-refractivity contribution is 5.73. The van der Waals surface area contributed by atoms with E-state index in [2.05, 4.69) is 30.2 Å². The molecule has 9 nitrogen and oxygen atoms in total. The minimum absolute atomic E-state index is 0.128. The van der Waals surface area contributed by atoms with Crippen LogP contribution in [0.2, 0.25) is 0 Å². The fraction of sp³-hybridized carbons (Fsp3) is 0.227. The Labute approximate surface area is 179 Å². The molecule has 0 aliphatic carbocycles. The Morgan fingerprint density at radius 2 is 1.84 bits per heavy atom. The molecule has 31 heavy (non-hydrogen) atoms. The third kappa shape index (κ3) is 3.89. The number of imidazole rings is 1. The van der Waals surface area contributed by atoms with Crippen LogP contribution in [0, 0.1) is 0 Å². The fourth-order valence-electron chi connectivity index (χ4n) is 3.72. The summed E-state index contributed by atoms with van der Waals surface area (Å²) in [5.74, 6) is 1.27. The monoisotopic (exact) mass is 414 g/mol. The van der Waals surface area contributed by atoms with E-state index in [1.807, 2.05) is 58.1 Å². The van der Waals surface area contributed by atoms with Crippen molar-refractivity contribution in [2.75, 3.05) is 36.4 Å². The van der Waals surface area contributed by atoms with Gasteiger partial charge in [0.15, 0.2) is 0 Å². The first-order valence-corrected chi connectivity index (χ1v) is 10.2. The van der Waals surface area contributed by atoms with Crippen LogP contribution in [-0.4, -0.2) is 61.3 Å². The Morgan fingerprint density at radius 1 is 0.968 bits per heavy atom. The van der Waals surface area contributed by atoms with E-state index < -0.39 is 0 Å². The van der Waals surface area contributed by atoms with Crippen LogP contribution in [0.25, 0.3) is 17.0 Å². The highest BCUT2D eigenvalue weighted by Gasteiger charge is 2.19. The van der Waals surface area contributed by atoms with E-state index >= 15 is 0 Å². The summed E-state index contributed by atoms with van der Waals surface area (Å²) < 4.78 is 1.99. The molecule has 1 N–H and O–H groups in total. The smallest absolute Gasteiger partial charge is 0.228 e. The Morgan fingerprint density at radius 3 is 2.61 bits per heavy atom. The lowest BCUT2D eigenvalue weighted by molar-refractivity contribution is -0.129. The average Bonchev–Trinajstić information content (AvgIpc) is 3.24. The molecule has 0 radical (unpaired) electrons. The van der Waals surface area contributed by atoms with Crippen LogP contribution in [0.15, 0.2) is 61.2 Å². The number of aromatic nitrogens is 5. The second kappa shape index (κ2) is 8.02. The van der Waals surface area contributed by atoms with E-state index in [-0.39, 0.29) is 5.91 Å². The van der Waals surface area contributed by atoms with E-state index in [1.54, 1.807) is 19.3 Å². The van der Waals surface area contributed by atoms with Gasteiger partial charge in [0.25, 0.3) is 0 Å². The molecule has 0 bridgehead atoms. The van der Waals surface area contributed by atoms with E-state index in [9.17, 15) is 4.79 Å². The standard InChI is InChI=1S/C22H22N8O/c1-16(31)28-10-12-29(13-11-28)17-5-6-20(24-14-17)27-22-23-8-7-18(26-22)19-15-25-21-4-2-3-9-30(19)21/h2-9,14-15H,10-13H2,1H3,(H,23,24,26,27). The van der Waals surface area contributed by atoms with Crippen LogP contribution >= 0.6 is 0 Å². The van der Waals surface area contributed by atoms with Crippen molar-refractivity contribution in [3.05, 3.63) is 61.2 Å². The van der Waals surface area contributed by atoms with Crippen LogP contribution in [-0.2, 0) is 4.79 Å². The normalized spacial score (nSPS) is 14.1. The Balaban J connectivity index is 1.30. The van der Waals surface area contributed by atoms with Gasteiger partial charge in [-0.1, -0.05) is 6.07 Å². The third-order valence-corrected chi connectivity index (χ3v) is 5.41. The summed E-state index contributed by atoms with van der Waals surface area (Å²) in [4.78, 5) is 33.5. The predicted octanol–water partition coefficient (Wildman–Crippen LogP) is 2.60. The highest BCUT2D eigenvalue weighted by Crippen LogP contribution is 2.22. The van der Waals surface area contributed by atoms with Crippen molar-refractivity contribution in [2.45, 2.75) is 6.92 Å². The Hall–Kier alpha value is -4.01. The first kappa shape index (κ1) is 19.0. The van der Waals surface area contributed by atoms with Crippen LogP contribution < -0.4 is 10.2 Å². The molecule has 5 heterocycles. The van der Waals surface area contributed by atoms with Gasteiger partial charge < -0.3 is 15.1 Å². The lowest BCUT2D eigenvalue weighted by atomic mass is 10.2. The molecule has 0 spiro atoms. The van der Waals surface area contributed by atoms with Crippen molar-refractivity contribution >= 4 is 29.0 Å². The van der Waals surface area contributed by atoms with E-state index in [1.165, 1.54) is 0 Å². The van der Waals surface area contributed by atoms with E-state index in [4.69, 9.17) is 0 Å². The van der Waals surface area contributed by atoms with Crippen molar-refractivity contribution < 1.29 is 4.79 Å². The molecule has 4 aromatic heterocycles. The maximum Gasteiger partial charge on any atom is 0.228 e. The zero-order valence-corrected chi connectivity index (χ0v) is 17.1. The van der Waals surface area contributed by atoms with Crippen LogP contribution in [0.4, 0.5) is 17.5 Å². The minimum atomic E-state index is 0.128. The molecular formula is C22H22N8O. The zero-order valence-electron chi connectivity index (χ0n) is 17.1. The molecule has 0 atom stereocenters. The number of amides is 1. The largest absolute Gasteiger partial charge is 0.367 e. The van der Waals surface area contributed by atoms with Crippen LogP contribution in [0.5, 0.6) is 0 Å². The molecule has 0 aromatic carbocycles. The fourth-order valence-corrected chi connectivity index (χ4v) is 3.72. The van der Waals surface area contributed by atoms with Gasteiger partial charge in [0.05, 0.1) is 29.5 Å². The SMILES string of the molecule is CC(=O)N1CCN(c2ccc(Nc3nccc(-c4cnc5ccccn45)n3)nc2)CC1. The van der Waals surface area contributed by atoms with Gasteiger partial charge in [-0.2, -0.15) is 0 Å². The predicted molar refractivity (Wildman–Crippen MR) is 118 cm³/mol. The topological polar surface area (TPSA) is 91.6 Å². The number of piperazine rings is 1. The number of carbonyl (C=O) groups is 1. The van der Waals surface area contributed by atoms with Gasteiger partial charge in [0.2, 0.25) is 11.9 Å². The number of rotatable bonds is 4. The molecule has 5 rings (SSSR count). The van der Waals surface area contributed by atoms with Crippen molar-refractivity contribution in [3.8, 4) is 11.4 Å². The quantitative estimate of drug-likeness (QED) is 0.549. The number of carbonyl (C=O) groups excluding carboxylic acids is 1. The van der Waals surface area contributed by atoms with E-state index in [0.717, 1.165) is 48.9 Å². The first-order valence-electron chi connectivity index (χ1n) is 10.2. The van der Waals surface area contributed by atoms with Gasteiger partial charge in [-0.05, 0) is 30.3 Å². The molecule has 1 amide bonds. The first-order chi connectivity index (χ1) is 15.2. The third-order valence-electron chi connectivity index (χ3n) is 5.41. The summed E-state index contributed by atoms with van der Waals surface area (Å²) in [6.45, 7) is 4.69. The molecule has 1 aliphatic heterocycles. The van der Waals surface area contributed by atoms with Gasteiger partial charge in [-0.3, -0.25) is 9.20 Å². The number of pyridine rings is 2. The maximum atomic E-state index is 11.5. The van der Waals surface area contributed by atoms with Crippen LogP contribution in [0.1, 0.15) is 6.92 Å². The lowest BCUT2D eigenvalue weighted by Gasteiger charge is -2.35. The number of nitrogens with one attached hydrogen (secondary N) is 1. The lowest BCUT2D eigenvalue weighted by Crippen LogP contribution is -2.48. The molecule has 156 valence electrons. The maximum absolute atomic E-state index is 11.5. The average molecular weight is 414 g/mol. The summed E-state index contributed by atoms with van der Waals surface area (Å²) >= 11 is 0. The minimum Gasteiger partial charge on any atom is -0.367 e. The van der Waals surface area contributed by atoms with Gasteiger partial charge in [0, 0.05) is 45.5 Å².